The molecule has 1 aromatic carbocycles. The van der Waals surface area contributed by atoms with Gasteiger partial charge in [0.2, 0.25) is 11.8 Å². The first-order valence-corrected chi connectivity index (χ1v) is 7.74. The molecule has 2 heterocycles. The number of nitrogens with zero attached hydrogens (tertiary/aromatic N) is 4. The van der Waals surface area contributed by atoms with Crippen LogP contribution in [-0.4, -0.2) is 20.1 Å². The van der Waals surface area contributed by atoms with Crippen molar-refractivity contribution < 1.29 is 26.5 Å². The Kier molecular flexibility index (Phi) is 3.82. The van der Waals surface area contributed by atoms with Crippen LogP contribution in [0.1, 0.15) is 24.3 Å². The lowest BCUT2D eigenvalue weighted by Gasteiger charge is -2.19. The molecule has 4 rings (SSSR count). The van der Waals surface area contributed by atoms with E-state index in [4.69, 9.17) is 0 Å². The third-order valence-corrected chi connectivity index (χ3v) is 4.12. The maximum Gasteiger partial charge on any atom is 0.471 e. The van der Waals surface area contributed by atoms with Crippen molar-refractivity contribution in [3.05, 3.63) is 53.7 Å². The molecule has 0 amide bonds. The SMILES string of the molecule is Fc1cccc(F)c1C1(Nc2ncc(-c3noc(C(F)(F)F)n3)cn2)CC1. The summed E-state index contributed by atoms with van der Waals surface area (Å²) in [6.45, 7) is 0. The summed E-state index contributed by atoms with van der Waals surface area (Å²) in [5, 5.41) is 6.12. The number of aromatic nitrogens is 4. The molecule has 1 fully saturated rings. The zero-order valence-corrected chi connectivity index (χ0v) is 13.4. The molecule has 27 heavy (non-hydrogen) atoms. The third-order valence-electron chi connectivity index (χ3n) is 4.12. The number of alkyl halides is 3. The number of halogens is 5. The highest BCUT2D eigenvalue weighted by Gasteiger charge is 2.48. The lowest BCUT2D eigenvalue weighted by Crippen LogP contribution is -2.23. The zero-order valence-electron chi connectivity index (χ0n) is 13.4. The average molecular weight is 383 g/mol. The molecule has 0 bridgehead atoms. The molecular formula is C16H10F5N5O. The lowest BCUT2D eigenvalue weighted by molar-refractivity contribution is -0.159. The summed E-state index contributed by atoms with van der Waals surface area (Å²) in [6, 6.07) is 3.60. The van der Waals surface area contributed by atoms with E-state index in [9.17, 15) is 22.0 Å². The summed E-state index contributed by atoms with van der Waals surface area (Å²) in [4.78, 5) is 11.2. The standard InChI is InChI=1S/C16H10F5N5O/c17-9-2-1-3-10(18)11(9)15(4-5-15)25-14-22-6-8(7-23-14)12-24-13(27-26-12)16(19,20)21/h1-3,6-7H,4-5H2,(H,22,23,25). The van der Waals surface area contributed by atoms with Crippen LogP contribution in [-0.2, 0) is 11.7 Å². The van der Waals surface area contributed by atoms with Crippen LogP contribution < -0.4 is 5.32 Å². The van der Waals surface area contributed by atoms with Crippen molar-refractivity contribution >= 4 is 5.95 Å². The Balaban J connectivity index is 1.56. The first kappa shape index (κ1) is 17.3. The van der Waals surface area contributed by atoms with Crippen LogP contribution in [0.4, 0.5) is 27.9 Å². The van der Waals surface area contributed by atoms with E-state index in [2.05, 4.69) is 29.9 Å². The van der Waals surface area contributed by atoms with Gasteiger partial charge in [0.15, 0.2) is 0 Å². The Morgan fingerprint density at radius 3 is 2.19 bits per heavy atom. The molecule has 0 unspecified atom stereocenters. The van der Waals surface area contributed by atoms with Gasteiger partial charge in [-0.1, -0.05) is 11.2 Å². The lowest BCUT2D eigenvalue weighted by atomic mass is 10.0. The van der Waals surface area contributed by atoms with Crippen molar-refractivity contribution in [2.24, 2.45) is 0 Å². The van der Waals surface area contributed by atoms with Crippen LogP contribution in [0.15, 0.2) is 35.1 Å². The average Bonchev–Trinajstić information content (AvgIpc) is 3.18. The van der Waals surface area contributed by atoms with Gasteiger partial charge in [0.05, 0.1) is 11.1 Å². The van der Waals surface area contributed by atoms with Crippen LogP contribution in [0, 0.1) is 11.6 Å². The largest absolute Gasteiger partial charge is 0.471 e. The normalized spacial score (nSPS) is 15.6. The predicted octanol–water partition coefficient (Wildman–Crippen LogP) is 3.92. The summed E-state index contributed by atoms with van der Waals surface area (Å²) < 4.78 is 69.7. The minimum absolute atomic E-state index is 0.0680. The van der Waals surface area contributed by atoms with E-state index in [1.54, 1.807) is 0 Å². The van der Waals surface area contributed by atoms with Crippen LogP contribution in [0.2, 0.25) is 0 Å². The molecule has 2 aromatic heterocycles. The molecule has 1 aliphatic carbocycles. The number of hydrogen-bond donors (Lipinski definition) is 1. The Bertz CT molecular complexity index is 961. The topological polar surface area (TPSA) is 76.7 Å². The van der Waals surface area contributed by atoms with Gasteiger partial charge in [-0.2, -0.15) is 18.2 Å². The van der Waals surface area contributed by atoms with Gasteiger partial charge in [-0.05, 0) is 25.0 Å². The molecule has 0 saturated heterocycles. The highest BCUT2D eigenvalue weighted by molar-refractivity contribution is 5.53. The van der Waals surface area contributed by atoms with E-state index in [1.165, 1.54) is 30.6 Å². The fourth-order valence-electron chi connectivity index (χ4n) is 2.70. The van der Waals surface area contributed by atoms with Crippen LogP contribution in [0.5, 0.6) is 0 Å². The number of anilines is 1. The number of nitrogens with one attached hydrogen (secondary N) is 1. The second-order valence-electron chi connectivity index (χ2n) is 6.02. The maximum absolute atomic E-state index is 14.0. The highest BCUT2D eigenvalue weighted by Crippen LogP contribution is 2.49. The van der Waals surface area contributed by atoms with E-state index in [1.807, 2.05) is 0 Å². The van der Waals surface area contributed by atoms with Crippen LogP contribution in [0.3, 0.4) is 0 Å². The Morgan fingerprint density at radius 2 is 1.67 bits per heavy atom. The molecule has 0 radical (unpaired) electrons. The molecule has 1 saturated carbocycles. The third kappa shape index (κ3) is 3.20. The fraction of sp³-hybridized carbons (Fsp3) is 0.250. The summed E-state index contributed by atoms with van der Waals surface area (Å²) in [5.74, 6) is -3.09. The van der Waals surface area contributed by atoms with Crippen LogP contribution in [0.25, 0.3) is 11.4 Å². The van der Waals surface area contributed by atoms with Crippen molar-refractivity contribution in [1.82, 2.24) is 20.1 Å². The second kappa shape index (κ2) is 5.96. The van der Waals surface area contributed by atoms with E-state index in [-0.39, 0.29) is 22.9 Å². The van der Waals surface area contributed by atoms with Gasteiger partial charge < -0.3 is 9.84 Å². The number of rotatable bonds is 4. The molecule has 1 aliphatic rings. The Hall–Kier alpha value is -3.11. The van der Waals surface area contributed by atoms with Gasteiger partial charge in [-0.3, -0.25) is 0 Å². The van der Waals surface area contributed by atoms with Crippen LogP contribution >= 0.6 is 0 Å². The van der Waals surface area contributed by atoms with E-state index in [0.29, 0.717) is 12.8 Å². The van der Waals surface area contributed by atoms with E-state index < -0.39 is 29.2 Å². The molecule has 0 spiro atoms. The molecule has 0 atom stereocenters. The van der Waals surface area contributed by atoms with Gasteiger partial charge >= 0.3 is 12.1 Å². The van der Waals surface area contributed by atoms with Gasteiger partial charge in [-0.25, -0.2) is 18.7 Å². The Morgan fingerprint density at radius 1 is 1.04 bits per heavy atom. The number of hydrogen-bond acceptors (Lipinski definition) is 6. The molecule has 1 N–H and O–H groups in total. The summed E-state index contributed by atoms with van der Waals surface area (Å²) in [6.07, 6.45) is -1.41. The van der Waals surface area contributed by atoms with Crippen molar-refractivity contribution in [3.63, 3.8) is 0 Å². The molecule has 140 valence electrons. The zero-order chi connectivity index (χ0) is 19.2. The van der Waals surface area contributed by atoms with Gasteiger partial charge in [0, 0.05) is 18.0 Å². The van der Waals surface area contributed by atoms with Crippen molar-refractivity contribution in [2.75, 3.05) is 5.32 Å². The second-order valence-corrected chi connectivity index (χ2v) is 6.02. The minimum Gasteiger partial charge on any atom is -0.344 e. The maximum atomic E-state index is 14.0. The molecule has 0 aliphatic heterocycles. The monoisotopic (exact) mass is 383 g/mol. The van der Waals surface area contributed by atoms with Gasteiger partial charge in [0.25, 0.3) is 0 Å². The summed E-state index contributed by atoms with van der Waals surface area (Å²) in [5.41, 5.74) is -0.945. The predicted molar refractivity (Wildman–Crippen MR) is 81.2 cm³/mol. The van der Waals surface area contributed by atoms with E-state index in [0.717, 1.165) is 0 Å². The van der Waals surface area contributed by atoms with E-state index >= 15 is 0 Å². The van der Waals surface area contributed by atoms with Gasteiger partial charge in [0.1, 0.15) is 11.6 Å². The Labute approximate surface area is 148 Å². The summed E-state index contributed by atoms with van der Waals surface area (Å²) >= 11 is 0. The van der Waals surface area contributed by atoms with Crippen molar-refractivity contribution in [1.29, 1.82) is 0 Å². The summed E-state index contributed by atoms with van der Waals surface area (Å²) in [7, 11) is 0. The first-order chi connectivity index (χ1) is 12.8. The van der Waals surface area contributed by atoms with Crippen molar-refractivity contribution in [2.45, 2.75) is 24.6 Å². The highest BCUT2D eigenvalue weighted by atomic mass is 19.4. The number of benzene rings is 1. The first-order valence-electron chi connectivity index (χ1n) is 7.74. The fourth-order valence-corrected chi connectivity index (χ4v) is 2.70. The molecule has 3 aromatic rings. The quantitative estimate of drug-likeness (QED) is 0.688. The van der Waals surface area contributed by atoms with Crippen molar-refractivity contribution in [3.8, 4) is 11.4 Å². The molecule has 6 nitrogen and oxygen atoms in total. The molecule has 11 heteroatoms. The molecular weight excluding hydrogens is 373 g/mol. The minimum atomic E-state index is -4.75. The van der Waals surface area contributed by atoms with Gasteiger partial charge in [-0.15, -0.1) is 0 Å². The smallest absolute Gasteiger partial charge is 0.344 e.